The van der Waals surface area contributed by atoms with Crippen LogP contribution in [0.4, 0.5) is 10.6 Å². The highest BCUT2D eigenvalue weighted by Gasteiger charge is 2.30. The monoisotopic (exact) mass is 476 g/mol. The van der Waals surface area contributed by atoms with E-state index >= 15 is 0 Å². The number of anilines is 1. The molecule has 0 unspecified atom stereocenters. The lowest BCUT2D eigenvalue weighted by Gasteiger charge is -2.25. The lowest BCUT2D eigenvalue weighted by Crippen LogP contribution is -2.43. The molecule has 1 heterocycles. The standard InChI is InChI=1S/C26H28N4O5/c1-26(2,13-12-22(31)32)28-24(33)20-14-30(3)29-23(20)27-25(34)35-15-21-18-10-6-4-8-16(18)17-9-5-7-11-19(17)21/h4-11,14,21H,12-13,15H2,1-3H3,(H,28,33)(H,31,32)(H,27,29,34). The van der Waals surface area contributed by atoms with Gasteiger partial charge in [0.2, 0.25) is 0 Å². The van der Waals surface area contributed by atoms with E-state index in [1.54, 1.807) is 20.9 Å². The van der Waals surface area contributed by atoms with Crippen molar-refractivity contribution in [1.82, 2.24) is 15.1 Å². The summed E-state index contributed by atoms with van der Waals surface area (Å²) in [6.45, 7) is 3.61. The second-order valence-corrected chi connectivity index (χ2v) is 9.25. The van der Waals surface area contributed by atoms with E-state index in [2.05, 4.69) is 27.9 Å². The van der Waals surface area contributed by atoms with Crippen molar-refractivity contribution in [2.75, 3.05) is 11.9 Å². The minimum atomic E-state index is -0.939. The summed E-state index contributed by atoms with van der Waals surface area (Å²) in [5.74, 6) is -1.43. The molecule has 2 aromatic carbocycles. The Morgan fingerprint density at radius 3 is 2.26 bits per heavy atom. The molecule has 0 aliphatic heterocycles. The number of fused-ring (bicyclic) bond motifs is 3. The summed E-state index contributed by atoms with van der Waals surface area (Å²) in [5, 5.41) is 18.5. The number of amides is 2. The molecule has 1 aliphatic carbocycles. The first-order valence-corrected chi connectivity index (χ1v) is 11.3. The summed E-state index contributed by atoms with van der Waals surface area (Å²) < 4.78 is 6.97. The van der Waals surface area contributed by atoms with Gasteiger partial charge in [0.15, 0.2) is 5.82 Å². The van der Waals surface area contributed by atoms with Gasteiger partial charge in [-0.2, -0.15) is 5.10 Å². The fourth-order valence-corrected chi connectivity index (χ4v) is 4.33. The number of nitrogens with zero attached hydrogens (tertiary/aromatic N) is 2. The Balaban J connectivity index is 1.43. The van der Waals surface area contributed by atoms with Crippen molar-refractivity contribution >= 4 is 23.8 Å². The number of hydrogen-bond acceptors (Lipinski definition) is 5. The highest BCUT2D eigenvalue weighted by Crippen LogP contribution is 2.44. The molecule has 3 aromatic rings. The van der Waals surface area contributed by atoms with E-state index in [9.17, 15) is 14.4 Å². The van der Waals surface area contributed by atoms with Crippen LogP contribution in [-0.2, 0) is 16.6 Å². The van der Waals surface area contributed by atoms with Gasteiger partial charge in [0, 0.05) is 31.1 Å². The Labute approximate surface area is 203 Å². The second-order valence-electron chi connectivity index (χ2n) is 9.25. The van der Waals surface area contributed by atoms with Gasteiger partial charge in [0.1, 0.15) is 12.2 Å². The van der Waals surface area contributed by atoms with Crippen molar-refractivity contribution in [2.24, 2.45) is 7.05 Å². The van der Waals surface area contributed by atoms with Crippen LogP contribution in [-0.4, -0.2) is 45.0 Å². The highest BCUT2D eigenvalue weighted by molar-refractivity contribution is 6.01. The van der Waals surface area contributed by atoms with Gasteiger partial charge < -0.3 is 15.2 Å². The molecule has 0 spiro atoms. The Kier molecular flexibility index (Phi) is 6.59. The Bertz CT molecular complexity index is 1230. The Morgan fingerprint density at radius 2 is 1.66 bits per heavy atom. The number of hydrogen-bond donors (Lipinski definition) is 3. The summed E-state index contributed by atoms with van der Waals surface area (Å²) in [6, 6.07) is 16.1. The van der Waals surface area contributed by atoms with Crippen LogP contribution in [0.1, 0.15) is 54.1 Å². The van der Waals surface area contributed by atoms with Crippen molar-refractivity contribution < 1.29 is 24.2 Å². The zero-order valence-corrected chi connectivity index (χ0v) is 19.9. The average molecular weight is 477 g/mol. The molecule has 0 bridgehead atoms. The third kappa shape index (κ3) is 5.34. The van der Waals surface area contributed by atoms with Crippen molar-refractivity contribution in [3.05, 3.63) is 71.4 Å². The SMILES string of the molecule is Cn1cc(C(=O)NC(C)(C)CCC(=O)O)c(NC(=O)OCC2c3ccccc3-c3ccccc32)n1. The fourth-order valence-electron chi connectivity index (χ4n) is 4.33. The maximum Gasteiger partial charge on any atom is 0.412 e. The van der Waals surface area contributed by atoms with E-state index < -0.39 is 23.5 Å². The van der Waals surface area contributed by atoms with Crippen LogP contribution in [0, 0.1) is 0 Å². The minimum Gasteiger partial charge on any atom is -0.481 e. The molecule has 1 aliphatic rings. The molecule has 0 fully saturated rings. The summed E-state index contributed by atoms with van der Waals surface area (Å²) in [5.41, 5.74) is 3.86. The van der Waals surface area contributed by atoms with Crippen LogP contribution >= 0.6 is 0 Å². The molecular formula is C26H28N4O5. The number of aryl methyl sites for hydroxylation is 1. The highest BCUT2D eigenvalue weighted by atomic mass is 16.5. The minimum absolute atomic E-state index is 0.0660. The second kappa shape index (κ2) is 9.61. The van der Waals surface area contributed by atoms with E-state index in [4.69, 9.17) is 9.84 Å². The first kappa shape index (κ1) is 24.0. The number of aliphatic carboxylic acids is 1. The van der Waals surface area contributed by atoms with Gasteiger partial charge >= 0.3 is 12.1 Å². The van der Waals surface area contributed by atoms with Gasteiger partial charge in [0.25, 0.3) is 5.91 Å². The summed E-state index contributed by atoms with van der Waals surface area (Å²) in [6.07, 6.45) is 0.945. The summed E-state index contributed by atoms with van der Waals surface area (Å²) in [7, 11) is 1.63. The van der Waals surface area contributed by atoms with Crippen molar-refractivity contribution in [1.29, 1.82) is 0 Å². The van der Waals surface area contributed by atoms with Crippen molar-refractivity contribution in [2.45, 2.75) is 38.1 Å². The number of ether oxygens (including phenoxy) is 1. The van der Waals surface area contributed by atoms with Crippen molar-refractivity contribution in [3.63, 3.8) is 0 Å². The zero-order chi connectivity index (χ0) is 25.2. The molecule has 0 atom stereocenters. The lowest BCUT2D eigenvalue weighted by molar-refractivity contribution is -0.137. The van der Waals surface area contributed by atoms with E-state index in [-0.39, 0.29) is 36.7 Å². The van der Waals surface area contributed by atoms with Crippen LogP contribution in [0.2, 0.25) is 0 Å². The van der Waals surface area contributed by atoms with Gasteiger partial charge in [-0.3, -0.25) is 19.6 Å². The molecule has 0 radical (unpaired) electrons. The number of nitrogens with one attached hydrogen (secondary N) is 2. The zero-order valence-electron chi connectivity index (χ0n) is 19.9. The van der Waals surface area contributed by atoms with Gasteiger partial charge in [-0.15, -0.1) is 0 Å². The third-order valence-electron chi connectivity index (χ3n) is 6.05. The quantitative estimate of drug-likeness (QED) is 0.449. The van der Waals surface area contributed by atoms with Crippen LogP contribution in [0.5, 0.6) is 0 Å². The van der Waals surface area contributed by atoms with Gasteiger partial charge in [-0.05, 0) is 42.5 Å². The van der Waals surface area contributed by atoms with Crippen LogP contribution < -0.4 is 10.6 Å². The van der Waals surface area contributed by atoms with Gasteiger partial charge in [-0.25, -0.2) is 4.79 Å². The fraction of sp³-hybridized carbons (Fsp3) is 0.308. The maximum absolute atomic E-state index is 12.9. The van der Waals surface area contributed by atoms with Gasteiger partial charge in [0.05, 0.1) is 0 Å². The molecular weight excluding hydrogens is 448 g/mol. The summed E-state index contributed by atoms with van der Waals surface area (Å²) in [4.78, 5) is 36.4. The predicted molar refractivity (Wildman–Crippen MR) is 130 cm³/mol. The number of aromatic nitrogens is 2. The number of carbonyl (C=O) groups is 3. The molecule has 1 aromatic heterocycles. The van der Waals surface area contributed by atoms with E-state index in [0.717, 1.165) is 22.3 Å². The first-order chi connectivity index (χ1) is 16.6. The molecule has 2 amide bonds. The number of benzene rings is 2. The maximum atomic E-state index is 12.9. The summed E-state index contributed by atoms with van der Waals surface area (Å²) >= 11 is 0. The topological polar surface area (TPSA) is 123 Å². The molecule has 3 N–H and O–H groups in total. The smallest absolute Gasteiger partial charge is 0.412 e. The molecule has 182 valence electrons. The lowest BCUT2D eigenvalue weighted by atomic mass is 9.98. The number of carboxylic acids is 1. The van der Waals surface area contributed by atoms with Gasteiger partial charge in [-0.1, -0.05) is 48.5 Å². The largest absolute Gasteiger partial charge is 0.481 e. The molecule has 9 heteroatoms. The molecule has 35 heavy (non-hydrogen) atoms. The van der Waals surface area contributed by atoms with Crippen LogP contribution in [0.15, 0.2) is 54.7 Å². The first-order valence-electron chi connectivity index (χ1n) is 11.3. The number of carbonyl (C=O) groups excluding carboxylic acids is 2. The van der Waals surface area contributed by atoms with E-state index in [0.29, 0.717) is 0 Å². The molecule has 4 rings (SSSR count). The molecule has 9 nitrogen and oxygen atoms in total. The number of rotatable bonds is 8. The molecule has 0 saturated heterocycles. The predicted octanol–water partition coefficient (Wildman–Crippen LogP) is 4.15. The van der Waals surface area contributed by atoms with Crippen LogP contribution in [0.25, 0.3) is 11.1 Å². The van der Waals surface area contributed by atoms with Crippen LogP contribution in [0.3, 0.4) is 0 Å². The normalized spacial score (nSPS) is 12.5. The average Bonchev–Trinajstić information content (AvgIpc) is 3.33. The third-order valence-corrected chi connectivity index (χ3v) is 6.05. The van der Waals surface area contributed by atoms with Crippen molar-refractivity contribution in [3.8, 4) is 11.1 Å². The Morgan fingerprint density at radius 1 is 1.06 bits per heavy atom. The number of carboxylic acid groups (broad SMARTS) is 1. The van der Waals surface area contributed by atoms with E-state index in [1.807, 2.05) is 36.4 Å². The van der Waals surface area contributed by atoms with E-state index in [1.165, 1.54) is 10.9 Å². The Hall–Kier alpha value is -4.14. The molecule has 0 saturated carbocycles.